The molecule has 2 atom stereocenters. The molecule has 0 aliphatic heterocycles. The minimum Gasteiger partial charge on any atom is -0.466 e. The predicted octanol–water partition coefficient (Wildman–Crippen LogP) is 19.0. The number of hydrogen-bond acceptors (Lipinski definition) is 5. The van der Waals surface area contributed by atoms with Crippen LogP contribution in [-0.2, 0) is 14.3 Å². The fraction of sp³-hybridized carbons (Fsp3) is 0.903. The van der Waals surface area contributed by atoms with Crippen LogP contribution in [0.5, 0.6) is 0 Å². The number of ether oxygens (including phenoxy) is 1. The molecule has 1 amide bonds. The van der Waals surface area contributed by atoms with Gasteiger partial charge in [0.05, 0.1) is 25.4 Å². The highest BCUT2D eigenvalue weighted by molar-refractivity contribution is 5.76. The molecule has 0 aliphatic carbocycles. The van der Waals surface area contributed by atoms with Crippen molar-refractivity contribution in [3.63, 3.8) is 0 Å². The van der Waals surface area contributed by atoms with Gasteiger partial charge in [-0.15, -0.1) is 0 Å². The summed E-state index contributed by atoms with van der Waals surface area (Å²) in [6, 6.07) is -0.548. The quantitative estimate of drug-likeness (QED) is 0.0321. The third kappa shape index (κ3) is 53.7. The summed E-state index contributed by atoms with van der Waals surface area (Å²) >= 11 is 0. The summed E-state index contributed by atoms with van der Waals surface area (Å²) in [5.74, 6) is -0.0431. The molecule has 0 bridgehead atoms. The van der Waals surface area contributed by atoms with Crippen LogP contribution in [0, 0.1) is 0 Å². The van der Waals surface area contributed by atoms with E-state index in [1.54, 1.807) is 0 Å². The number of amides is 1. The van der Waals surface area contributed by atoms with Crippen molar-refractivity contribution in [1.82, 2.24) is 5.32 Å². The standard InChI is InChI=1S/C62H119NO5/c1-3-5-7-9-11-13-15-17-19-27-30-34-38-42-46-50-54-60(65)59(58-64)63-61(66)55-51-47-43-39-35-31-28-24-22-20-21-23-25-29-33-37-41-45-49-53-57-68-62(67)56-52-48-44-40-36-32-26-18-16-14-12-10-8-6-4-2/h18,20,22,26,59-60,64-65H,3-17,19,21,23-25,27-58H2,1-2H3,(H,63,66)/b22-20-,26-18-. The summed E-state index contributed by atoms with van der Waals surface area (Å²) in [4.78, 5) is 24.5. The van der Waals surface area contributed by atoms with E-state index < -0.39 is 12.1 Å². The zero-order chi connectivity index (χ0) is 49.3. The average Bonchev–Trinajstić information content (AvgIpc) is 3.34. The van der Waals surface area contributed by atoms with Gasteiger partial charge in [-0.1, -0.05) is 269 Å². The first kappa shape index (κ1) is 66.3. The second kappa shape index (κ2) is 57.9. The van der Waals surface area contributed by atoms with Crippen LogP contribution in [0.4, 0.5) is 0 Å². The molecule has 2 unspecified atom stereocenters. The van der Waals surface area contributed by atoms with E-state index in [4.69, 9.17) is 4.74 Å². The van der Waals surface area contributed by atoms with Gasteiger partial charge in [0.2, 0.25) is 5.91 Å². The first-order valence-electron chi connectivity index (χ1n) is 30.6. The first-order chi connectivity index (χ1) is 33.5. The van der Waals surface area contributed by atoms with E-state index in [0.29, 0.717) is 25.9 Å². The number of aliphatic hydroxyl groups is 2. The van der Waals surface area contributed by atoms with E-state index in [2.05, 4.69) is 43.5 Å². The molecule has 0 saturated heterocycles. The highest BCUT2D eigenvalue weighted by Crippen LogP contribution is 2.17. The van der Waals surface area contributed by atoms with Crippen molar-refractivity contribution >= 4 is 11.9 Å². The number of aliphatic hydroxyl groups excluding tert-OH is 2. The minimum absolute atomic E-state index is 0.00129. The third-order valence-electron chi connectivity index (χ3n) is 14.2. The largest absolute Gasteiger partial charge is 0.466 e. The Morgan fingerprint density at radius 2 is 0.691 bits per heavy atom. The van der Waals surface area contributed by atoms with Crippen molar-refractivity contribution in [3.05, 3.63) is 24.3 Å². The molecule has 0 aliphatic rings. The lowest BCUT2D eigenvalue weighted by atomic mass is 10.0. The third-order valence-corrected chi connectivity index (χ3v) is 14.2. The average molecular weight is 959 g/mol. The van der Waals surface area contributed by atoms with Crippen molar-refractivity contribution in [2.75, 3.05) is 13.2 Å². The van der Waals surface area contributed by atoms with Gasteiger partial charge in [0, 0.05) is 12.8 Å². The van der Waals surface area contributed by atoms with Gasteiger partial charge in [-0.05, 0) is 77.0 Å². The van der Waals surface area contributed by atoms with Crippen LogP contribution >= 0.6 is 0 Å². The van der Waals surface area contributed by atoms with Gasteiger partial charge in [0.15, 0.2) is 0 Å². The molecule has 68 heavy (non-hydrogen) atoms. The van der Waals surface area contributed by atoms with Crippen LogP contribution in [0.15, 0.2) is 24.3 Å². The Hall–Kier alpha value is -1.66. The van der Waals surface area contributed by atoms with E-state index in [1.165, 1.54) is 257 Å². The van der Waals surface area contributed by atoms with Crippen LogP contribution in [-0.4, -0.2) is 47.4 Å². The monoisotopic (exact) mass is 958 g/mol. The molecule has 3 N–H and O–H groups in total. The van der Waals surface area contributed by atoms with Gasteiger partial charge < -0.3 is 20.3 Å². The molecular formula is C62H119NO5. The molecule has 0 aromatic carbocycles. The molecule has 0 aromatic heterocycles. The molecule has 0 saturated carbocycles. The highest BCUT2D eigenvalue weighted by Gasteiger charge is 2.20. The van der Waals surface area contributed by atoms with E-state index >= 15 is 0 Å². The van der Waals surface area contributed by atoms with Gasteiger partial charge in [0.1, 0.15) is 0 Å². The first-order valence-corrected chi connectivity index (χ1v) is 30.6. The Kier molecular flexibility index (Phi) is 56.5. The van der Waals surface area contributed by atoms with Crippen LogP contribution < -0.4 is 5.32 Å². The number of rotatable bonds is 57. The maximum atomic E-state index is 12.5. The smallest absolute Gasteiger partial charge is 0.305 e. The summed E-state index contributed by atoms with van der Waals surface area (Å²) in [6.07, 6.45) is 70.3. The lowest BCUT2D eigenvalue weighted by Crippen LogP contribution is -2.45. The molecule has 0 spiro atoms. The molecule has 0 aromatic rings. The van der Waals surface area contributed by atoms with Gasteiger partial charge in [-0.2, -0.15) is 0 Å². The van der Waals surface area contributed by atoms with Gasteiger partial charge in [-0.3, -0.25) is 9.59 Å². The van der Waals surface area contributed by atoms with Crippen molar-refractivity contribution < 1.29 is 24.5 Å². The number of carbonyl (C=O) groups is 2. The molecule has 0 rings (SSSR count). The molecule has 6 nitrogen and oxygen atoms in total. The zero-order valence-corrected chi connectivity index (χ0v) is 45.9. The number of hydrogen-bond donors (Lipinski definition) is 3. The normalized spacial score (nSPS) is 12.7. The van der Waals surface area contributed by atoms with E-state index in [-0.39, 0.29) is 18.5 Å². The summed E-state index contributed by atoms with van der Waals surface area (Å²) in [5, 5.41) is 23.3. The summed E-state index contributed by atoms with van der Waals surface area (Å²) in [5.41, 5.74) is 0. The second-order valence-electron chi connectivity index (χ2n) is 21.0. The predicted molar refractivity (Wildman–Crippen MR) is 296 cm³/mol. The van der Waals surface area contributed by atoms with Crippen molar-refractivity contribution in [1.29, 1.82) is 0 Å². The fourth-order valence-corrected chi connectivity index (χ4v) is 9.51. The van der Waals surface area contributed by atoms with Gasteiger partial charge >= 0.3 is 5.97 Å². The summed E-state index contributed by atoms with van der Waals surface area (Å²) < 4.78 is 5.48. The fourth-order valence-electron chi connectivity index (χ4n) is 9.51. The maximum absolute atomic E-state index is 12.5. The summed E-state index contributed by atoms with van der Waals surface area (Å²) in [6.45, 7) is 4.95. The van der Waals surface area contributed by atoms with Crippen LogP contribution in [0.2, 0.25) is 0 Å². The number of carbonyl (C=O) groups excluding carboxylic acids is 2. The number of allylic oxidation sites excluding steroid dienone is 4. The van der Waals surface area contributed by atoms with Crippen LogP contribution in [0.25, 0.3) is 0 Å². The maximum Gasteiger partial charge on any atom is 0.305 e. The van der Waals surface area contributed by atoms with E-state index in [0.717, 1.165) is 44.9 Å². The van der Waals surface area contributed by atoms with Gasteiger partial charge in [-0.25, -0.2) is 0 Å². The topological polar surface area (TPSA) is 95.9 Å². The van der Waals surface area contributed by atoms with Crippen molar-refractivity contribution in [3.8, 4) is 0 Å². The number of esters is 1. The van der Waals surface area contributed by atoms with Crippen LogP contribution in [0.1, 0.15) is 335 Å². The minimum atomic E-state index is -0.670. The van der Waals surface area contributed by atoms with Crippen molar-refractivity contribution in [2.45, 2.75) is 347 Å². The summed E-state index contributed by atoms with van der Waals surface area (Å²) in [7, 11) is 0. The zero-order valence-electron chi connectivity index (χ0n) is 45.9. The Balaban J connectivity index is 3.43. The Labute approximate surface area is 424 Å². The van der Waals surface area contributed by atoms with E-state index in [1.807, 2.05) is 0 Å². The molecule has 0 heterocycles. The van der Waals surface area contributed by atoms with Gasteiger partial charge in [0.25, 0.3) is 0 Å². The molecular weight excluding hydrogens is 839 g/mol. The number of nitrogens with one attached hydrogen (secondary N) is 1. The lowest BCUT2D eigenvalue weighted by molar-refractivity contribution is -0.143. The number of unbranched alkanes of at least 4 members (excludes halogenated alkanes) is 42. The molecule has 0 fully saturated rings. The molecule has 6 heteroatoms. The van der Waals surface area contributed by atoms with Crippen molar-refractivity contribution in [2.24, 2.45) is 0 Å². The lowest BCUT2D eigenvalue weighted by Gasteiger charge is -2.22. The Bertz CT molecular complexity index is 1060. The Morgan fingerprint density at radius 3 is 1.04 bits per heavy atom. The van der Waals surface area contributed by atoms with Crippen LogP contribution in [0.3, 0.4) is 0 Å². The molecule has 402 valence electrons. The highest BCUT2D eigenvalue weighted by atomic mass is 16.5. The van der Waals surface area contributed by atoms with E-state index in [9.17, 15) is 19.8 Å². The Morgan fingerprint density at radius 1 is 0.397 bits per heavy atom. The SMILES string of the molecule is CCCCCCCC/C=C\CCCCCCCC(=O)OCCCCCCCCCCC/C=C\CCCCCCCCCC(=O)NC(CO)C(O)CCCCCCCCCCCCCCCCCC. The molecule has 0 radical (unpaired) electrons. The second-order valence-corrected chi connectivity index (χ2v) is 21.0.